The van der Waals surface area contributed by atoms with Gasteiger partial charge < -0.3 is 10.2 Å². The molecule has 4 nitrogen and oxygen atoms in total. The van der Waals surface area contributed by atoms with Crippen LogP contribution in [0.25, 0.3) is 0 Å². The lowest BCUT2D eigenvalue weighted by Crippen LogP contribution is -2.30. The standard InChI is InChI=1S/C21H22N2O2S/c1-2-13-22-20(25)17-8-10-18(11-9-17)21-23(19(24)15-26-21)14-12-16-6-4-3-5-7-16/h2-11,21H,1,12-15H2,(H,22,25)/t21-/m1/s1. The maximum Gasteiger partial charge on any atom is 0.251 e. The molecule has 1 heterocycles. The SMILES string of the molecule is C=CCNC(=O)c1ccc([C@H]2SCC(=O)N2CCc2ccccc2)cc1. The third-order valence-electron chi connectivity index (χ3n) is 4.32. The molecule has 26 heavy (non-hydrogen) atoms. The number of nitrogens with one attached hydrogen (secondary N) is 1. The van der Waals surface area contributed by atoms with Crippen molar-refractivity contribution in [2.45, 2.75) is 11.8 Å². The highest BCUT2D eigenvalue weighted by Gasteiger charge is 2.32. The van der Waals surface area contributed by atoms with E-state index >= 15 is 0 Å². The smallest absolute Gasteiger partial charge is 0.251 e. The summed E-state index contributed by atoms with van der Waals surface area (Å²) in [4.78, 5) is 26.2. The summed E-state index contributed by atoms with van der Waals surface area (Å²) in [5.74, 6) is 0.553. The van der Waals surface area contributed by atoms with Crippen LogP contribution in [0.5, 0.6) is 0 Å². The van der Waals surface area contributed by atoms with Crippen LogP contribution in [-0.2, 0) is 11.2 Å². The molecular weight excluding hydrogens is 344 g/mol. The summed E-state index contributed by atoms with van der Waals surface area (Å²) in [5.41, 5.74) is 2.89. The zero-order valence-corrected chi connectivity index (χ0v) is 15.4. The summed E-state index contributed by atoms with van der Waals surface area (Å²) < 4.78 is 0. The van der Waals surface area contributed by atoms with Crippen LogP contribution >= 0.6 is 11.8 Å². The molecule has 5 heteroatoms. The number of hydrogen-bond acceptors (Lipinski definition) is 3. The van der Waals surface area contributed by atoms with Gasteiger partial charge in [0.25, 0.3) is 5.91 Å². The lowest BCUT2D eigenvalue weighted by atomic mass is 10.1. The quantitative estimate of drug-likeness (QED) is 0.764. The van der Waals surface area contributed by atoms with E-state index in [1.807, 2.05) is 47.4 Å². The molecule has 0 saturated carbocycles. The molecule has 2 amide bonds. The van der Waals surface area contributed by atoms with Crippen molar-refractivity contribution in [3.05, 3.63) is 83.9 Å². The first-order valence-corrected chi connectivity index (χ1v) is 9.68. The number of benzene rings is 2. The molecular formula is C21H22N2O2S. The van der Waals surface area contributed by atoms with E-state index in [-0.39, 0.29) is 17.2 Å². The minimum absolute atomic E-state index is 0.0106. The van der Waals surface area contributed by atoms with Gasteiger partial charge in [0.05, 0.1) is 5.75 Å². The van der Waals surface area contributed by atoms with Gasteiger partial charge in [-0.15, -0.1) is 18.3 Å². The fourth-order valence-electron chi connectivity index (χ4n) is 2.93. The van der Waals surface area contributed by atoms with Gasteiger partial charge >= 0.3 is 0 Å². The molecule has 0 aromatic heterocycles. The molecule has 1 N–H and O–H groups in total. The van der Waals surface area contributed by atoms with Crippen molar-refractivity contribution in [2.75, 3.05) is 18.8 Å². The van der Waals surface area contributed by atoms with Crippen molar-refractivity contribution in [2.24, 2.45) is 0 Å². The fourth-order valence-corrected chi connectivity index (χ4v) is 4.15. The Kier molecular flexibility index (Phi) is 6.12. The highest BCUT2D eigenvalue weighted by atomic mass is 32.2. The Morgan fingerprint density at radius 1 is 1.19 bits per heavy atom. The van der Waals surface area contributed by atoms with Crippen LogP contribution in [-0.4, -0.2) is 35.6 Å². The number of rotatable bonds is 7. The van der Waals surface area contributed by atoms with E-state index in [1.165, 1.54) is 5.56 Å². The summed E-state index contributed by atoms with van der Waals surface area (Å²) in [6.45, 7) is 4.73. The molecule has 3 rings (SSSR count). The molecule has 0 unspecified atom stereocenters. The average Bonchev–Trinajstić information content (AvgIpc) is 3.06. The highest BCUT2D eigenvalue weighted by molar-refractivity contribution is 8.00. The molecule has 0 spiro atoms. The molecule has 0 aliphatic carbocycles. The van der Waals surface area contributed by atoms with E-state index in [2.05, 4.69) is 24.0 Å². The average molecular weight is 366 g/mol. The summed E-state index contributed by atoms with van der Waals surface area (Å²) in [5, 5.41) is 2.78. The maximum atomic E-state index is 12.3. The van der Waals surface area contributed by atoms with E-state index in [1.54, 1.807) is 17.8 Å². The zero-order chi connectivity index (χ0) is 18.4. The van der Waals surface area contributed by atoms with Crippen LogP contribution in [0.4, 0.5) is 0 Å². The van der Waals surface area contributed by atoms with Crippen LogP contribution < -0.4 is 5.32 Å². The van der Waals surface area contributed by atoms with Gasteiger partial charge in [0.1, 0.15) is 5.37 Å². The van der Waals surface area contributed by atoms with E-state index in [0.29, 0.717) is 24.4 Å². The van der Waals surface area contributed by atoms with Gasteiger partial charge in [-0.05, 0) is 29.7 Å². The van der Waals surface area contributed by atoms with Gasteiger partial charge in [0.2, 0.25) is 5.91 Å². The third-order valence-corrected chi connectivity index (χ3v) is 5.57. The van der Waals surface area contributed by atoms with E-state index in [4.69, 9.17) is 0 Å². The van der Waals surface area contributed by atoms with Gasteiger partial charge in [0, 0.05) is 18.7 Å². The van der Waals surface area contributed by atoms with E-state index < -0.39 is 0 Å². The Bertz CT molecular complexity index is 774. The first-order chi connectivity index (χ1) is 12.7. The topological polar surface area (TPSA) is 49.4 Å². The van der Waals surface area contributed by atoms with Crippen LogP contribution in [0.15, 0.2) is 67.3 Å². The Morgan fingerprint density at radius 2 is 1.92 bits per heavy atom. The van der Waals surface area contributed by atoms with Crippen molar-refractivity contribution >= 4 is 23.6 Å². The maximum absolute atomic E-state index is 12.3. The number of carbonyl (C=O) groups excluding carboxylic acids is 2. The minimum atomic E-state index is -0.118. The Labute approximate surface area is 158 Å². The number of thioether (sulfide) groups is 1. The van der Waals surface area contributed by atoms with Gasteiger partial charge in [-0.1, -0.05) is 48.5 Å². The van der Waals surface area contributed by atoms with Crippen molar-refractivity contribution in [3.8, 4) is 0 Å². The fraction of sp³-hybridized carbons (Fsp3) is 0.238. The number of amides is 2. The van der Waals surface area contributed by atoms with Gasteiger partial charge in [-0.25, -0.2) is 0 Å². The molecule has 134 valence electrons. The molecule has 2 aromatic carbocycles. The van der Waals surface area contributed by atoms with Gasteiger partial charge in [-0.3, -0.25) is 9.59 Å². The van der Waals surface area contributed by atoms with E-state index in [0.717, 1.165) is 12.0 Å². The summed E-state index contributed by atoms with van der Waals surface area (Å²) in [6.07, 6.45) is 2.49. The first kappa shape index (κ1) is 18.3. The lowest BCUT2D eigenvalue weighted by Gasteiger charge is -2.24. The Morgan fingerprint density at radius 3 is 2.62 bits per heavy atom. The van der Waals surface area contributed by atoms with Crippen molar-refractivity contribution in [3.63, 3.8) is 0 Å². The van der Waals surface area contributed by atoms with Crippen molar-refractivity contribution in [1.29, 1.82) is 0 Å². The second kappa shape index (κ2) is 8.72. The summed E-state index contributed by atoms with van der Waals surface area (Å²) in [6, 6.07) is 17.7. The first-order valence-electron chi connectivity index (χ1n) is 8.63. The molecule has 0 bridgehead atoms. The summed E-state index contributed by atoms with van der Waals surface area (Å²) >= 11 is 1.64. The predicted octanol–water partition coefficient (Wildman–Crippen LogP) is 3.42. The third kappa shape index (κ3) is 4.35. The predicted molar refractivity (Wildman–Crippen MR) is 106 cm³/mol. The van der Waals surface area contributed by atoms with Crippen LogP contribution in [0.1, 0.15) is 26.9 Å². The lowest BCUT2D eigenvalue weighted by molar-refractivity contribution is -0.128. The number of carbonyl (C=O) groups is 2. The molecule has 1 atom stereocenters. The molecule has 1 saturated heterocycles. The summed E-state index contributed by atoms with van der Waals surface area (Å²) in [7, 11) is 0. The molecule has 0 radical (unpaired) electrons. The molecule has 2 aromatic rings. The minimum Gasteiger partial charge on any atom is -0.349 e. The molecule has 1 aliphatic rings. The van der Waals surface area contributed by atoms with Gasteiger partial charge in [0.15, 0.2) is 0 Å². The number of hydrogen-bond donors (Lipinski definition) is 1. The zero-order valence-electron chi connectivity index (χ0n) is 14.6. The van der Waals surface area contributed by atoms with Crippen LogP contribution in [0.3, 0.4) is 0 Å². The number of nitrogens with zero attached hydrogens (tertiary/aromatic N) is 1. The molecule has 1 aliphatic heterocycles. The van der Waals surface area contributed by atoms with Crippen molar-refractivity contribution in [1.82, 2.24) is 10.2 Å². The largest absolute Gasteiger partial charge is 0.349 e. The molecule has 1 fully saturated rings. The second-order valence-corrected chi connectivity index (χ2v) is 7.18. The Balaban J connectivity index is 1.67. The van der Waals surface area contributed by atoms with Crippen LogP contribution in [0.2, 0.25) is 0 Å². The Hall–Kier alpha value is -2.53. The van der Waals surface area contributed by atoms with Gasteiger partial charge in [-0.2, -0.15) is 0 Å². The van der Waals surface area contributed by atoms with Crippen molar-refractivity contribution < 1.29 is 9.59 Å². The highest BCUT2D eigenvalue weighted by Crippen LogP contribution is 2.38. The van der Waals surface area contributed by atoms with Crippen LogP contribution in [0, 0.1) is 0 Å². The monoisotopic (exact) mass is 366 g/mol. The van der Waals surface area contributed by atoms with E-state index in [9.17, 15) is 9.59 Å². The normalized spacial score (nSPS) is 16.5. The second-order valence-electron chi connectivity index (χ2n) is 6.11.